The Morgan fingerprint density at radius 3 is 2.58 bits per heavy atom. The Balaban J connectivity index is 1.49. The highest BCUT2D eigenvalue weighted by molar-refractivity contribution is 5.81. The molecule has 1 saturated heterocycles. The molecular formula is C28H34N6O2. The number of tetrazole rings is 1. The molecule has 5 rings (SSSR count). The van der Waals surface area contributed by atoms with Crippen LogP contribution in [0.1, 0.15) is 47.0 Å². The largest absolute Gasteiger partial charge is 0.383 e. The van der Waals surface area contributed by atoms with Crippen molar-refractivity contribution in [2.75, 3.05) is 26.8 Å². The van der Waals surface area contributed by atoms with E-state index in [1.54, 1.807) is 11.8 Å². The number of hydrogen-bond donors (Lipinski definition) is 1. The van der Waals surface area contributed by atoms with Crippen molar-refractivity contribution in [2.45, 2.75) is 45.7 Å². The Morgan fingerprint density at radius 2 is 1.83 bits per heavy atom. The molecule has 0 amide bonds. The number of likely N-dealkylation sites (tertiary alicyclic amines) is 1. The maximum absolute atomic E-state index is 13.5. The minimum Gasteiger partial charge on any atom is -0.383 e. The number of ether oxygens (including phenoxy) is 1. The molecule has 36 heavy (non-hydrogen) atoms. The van der Waals surface area contributed by atoms with Crippen LogP contribution in [0.25, 0.3) is 10.9 Å². The van der Waals surface area contributed by atoms with Crippen molar-refractivity contribution >= 4 is 10.9 Å². The van der Waals surface area contributed by atoms with E-state index in [9.17, 15) is 4.79 Å². The highest BCUT2D eigenvalue weighted by Gasteiger charge is 2.33. The predicted octanol–water partition coefficient (Wildman–Crippen LogP) is 3.82. The lowest BCUT2D eigenvalue weighted by molar-refractivity contribution is 0.138. The van der Waals surface area contributed by atoms with Gasteiger partial charge in [-0.2, -0.15) is 0 Å². The molecule has 4 aromatic rings. The zero-order valence-corrected chi connectivity index (χ0v) is 21.3. The van der Waals surface area contributed by atoms with Crippen LogP contribution in [0.2, 0.25) is 0 Å². The maximum Gasteiger partial charge on any atom is 0.253 e. The number of aromatic nitrogens is 5. The van der Waals surface area contributed by atoms with Crippen LogP contribution in [0, 0.1) is 19.8 Å². The summed E-state index contributed by atoms with van der Waals surface area (Å²) in [7, 11) is 1.66. The SMILES string of the molecule is COCCn1nnnc1[C@@H](c1cc2cc(C)c(C)cc2[nH]c1=O)N1CCC(Cc2ccccc2)CC1. The molecule has 1 fully saturated rings. The first kappa shape index (κ1) is 24.3. The van der Waals surface area contributed by atoms with Gasteiger partial charge in [0.2, 0.25) is 0 Å². The first-order valence-electron chi connectivity index (χ1n) is 12.7. The van der Waals surface area contributed by atoms with Crippen molar-refractivity contribution in [1.82, 2.24) is 30.1 Å². The summed E-state index contributed by atoms with van der Waals surface area (Å²) in [6.45, 7) is 6.95. The molecule has 1 N–H and O–H groups in total. The molecule has 1 aliphatic rings. The quantitative estimate of drug-likeness (QED) is 0.407. The van der Waals surface area contributed by atoms with Crippen molar-refractivity contribution in [3.05, 3.63) is 87.0 Å². The minimum absolute atomic E-state index is 0.0940. The zero-order chi connectivity index (χ0) is 25.1. The van der Waals surface area contributed by atoms with Crippen molar-refractivity contribution < 1.29 is 4.74 Å². The average molecular weight is 487 g/mol. The molecule has 0 unspecified atom stereocenters. The fourth-order valence-electron chi connectivity index (χ4n) is 5.30. The Kier molecular flexibility index (Phi) is 7.25. The first-order valence-corrected chi connectivity index (χ1v) is 12.7. The van der Waals surface area contributed by atoms with Crippen LogP contribution in [0.3, 0.4) is 0 Å². The lowest BCUT2D eigenvalue weighted by Crippen LogP contribution is -2.41. The molecular weight excluding hydrogens is 452 g/mol. The molecule has 2 aromatic heterocycles. The van der Waals surface area contributed by atoms with Gasteiger partial charge in [-0.05, 0) is 103 Å². The molecule has 1 aliphatic heterocycles. The van der Waals surface area contributed by atoms with Crippen molar-refractivity contribution in [2.24, 2.45) is 5.92 Å². The second kappa shape index (κ2) is 10.7. The van der Waals surface area contributed by atoms with Gasteiger partial charge in [-0.25, -0.2) is 4.68 Å². The van der Waals surface area contributed by atoms with E-state index in [1.165, 1.54) is 11.1 Å². The van der Waals surface area contributed by atoms with Crippen LogP contribution in [0.5, 0.6) is 0 Å². The molecule has 0 saturated carbocycles. The number of aryl methyl sites for hydroxylation is 2. The monoisotopic (exact) mass is 486 g/mol. The zero-order valence-electron chi connectivity index (χ0n) is 21.3. The topological polar surface area (TPSA) is 88.9 Å². The van der Waals surface area contributed by atoms with Crippen LogP contribution in [-0.4, -0.2) is 56.9 Å². The van der Waals surface area contributed by atoms with Crippen molar-refractivity contribution in [3.8, 4) is 0 Å². The van der Waals surface area contributed by atoms with Gasteiger partial charge in [-0.3, -0.25) is 9.69 Å². The summed E-state index contributed by atoms with van der Waals surface area (Å²) in [6.07, 6.45) is 3.21. The van der Waals surface area contributed by atoms with E-state index in [0.29, 0.717) is 30.5 Å². The third-order valence-corrected chi connectivity index (χ3v) is 7.47. The van der Waals surface area contributed by atoms with Gasteiger partial charge in [0, 0.05) is 18.2 Å². The number of benzene rings is 2. The number of fused-ring (bicyclic) bond motifs is 1. The van der Waals surface area contributed by atoms with Gasteiger partial charge >= 0.3 is 0 Å². The Labute approximate surface area is 211 Å². The molecule has 2 aromatic carbocycles. The van der Waals surface area contributed by atoms with E-state index in [0.717, 1.165) is 48.8 Å². The number of nitrogens with zero attached hydrogens (tertiary/aromatic N) is 5. The van der Waals surface area contributed by atoms with Crippen LogP contribution in [0.4, 0.5) is 0 Å². The third kappa shape index (κ3) is 5.10. The molecule has 1 atom stereocenters. The summed E-state index contributed by atoms with van der Waals surface area (Å²) < 4.78 is 7.05. The van der Waals surface area contributed by atoms with Crippen LogP contribution in [0.15, 0.2) is 53.3 Å². The highest BCUT2D eigenvalue weighted by atomic mass is 16.5. The van der Waals surface area contributed by atoms with Crippen LogP contribution < -0.4 is 5.56 Å². The summed E-state index contributed by atoms with van der Waals surface area (Å²) in [5.41, 5.74) is 5.18. The van der Waals surface area contributed by atoms with E-state index in [2.05, 4.69) is 75.7 Å². The molecule has 8 heteroatoms. The van der Waals surface area contributed by atoms with E-state index in [-0.39, 0.29) is 11.6 Å². The van der Waals surface area contributed by atoms with E-state index >= 15 is 0 Å². The summed E-state index contributed by atoms with van der Waals surface area (Å²) in [5.74, 6) is 1.30. The lowest BCUT2D eigenvalue weighted by atomic mass is 9.89. The van der Waals surface area contributed by atoms with E-state index in [4.69, 9.17) is 4.74 Å². The Hall–Kier alpha value is -3.36. The summed E-state index contributed by atoms with van der Waals surface area (Å²) in [6, 6.07) is 16.6. The highest BCUT2D eigenvalue weighted by Crippen LogP contribution is 2.32. The molecule has 8 nitrogen and oxygen atoms in total. The minimum atomic E-state index is -0.329. The van der Waals surface area contributed by atoms with Gasteiger partial charge < -0.3 is 9.72 Å². The Morgan fingerprint density at radius 1 is 1.08 bits per heavy atom. The second-order valence-electron chi connectivity index (χ2n) is 9.90. The molecule has 3 heterocycles. The third-order valence-electron chi connectivity index (χ3n) is 7.47. The molecule has 0 spiro atoms. The number of methoxy groups -OCH3 is 1. The maximum atomic E-state index is 13.5. The summed E-state index contributed by atoms with van der Waals surface area (Å²) in [4.78, 5) is 19.0. The normalized spacial score (nSPS) is 16.0. The molecule has 188 valence electrons. The number of H-pyrrole nitrogens is 1. The standard InChI is InChI=1S/C28H34N6O2/c1-19-15-23-18-24(28(35)29-25(23)16-20(19)2)26(27-30-31-32-34(27)13-14-36-3)33-11-9-22(10-12-33)17-21-7-5-4-6-8-21/h4-8,15-16,18,22,26H,9-14,17H2,1-3H3,(H,29,35)/t26-/m1/s1. The van der Waals surface area contributed by atoms with Crippen LogP contribution >= 0.6 is 0 Å². The van der Waals surface area contributed by atoms with E-state index in [1.807, 2.05) is 12.1 Å². The van der Waals surface area contributed by atoms with Gasteiger partial charge in [0.15, 0.2) is 5.82 Å². The van der Waals surface area contributed by atoms with Gasteiger partial charge in [-0.1, -0.05) is 30.3 Å². The number of aromatic amines is 1. The number of rotatable bonds is 8. The second-order valence-corrected chi connectivity index (χ2v) is 9.90. The van der Waals surface area contributed by atoms with Crippen molar-refractivity contribution in [3.63, 3.8) is 0 Å². The fraction of sp³-hybridized carbons (Fsp3) is 0.429. The smallest absolute Gasteiger partial charge is 0.253 e. The summed E-state index contributed by atoms with van der Waals surface area (Å²) in [5, 5.41) is 13.6. The number of nitrogens with one attached hydrogen (secondary N) is 1. The van der Waals surface area contributed by atoms with Crippen LogP contribution in [-0.2, 0) is 17.7 Å². The van der Waals surface area contributed by atoms with Crippen molar-refractivity contribution in [1.29, 1.82) is 0 Å². The fourth-order valence-corrected chi connectivity index (χ4v) is 5.30. The lowest BCUT2D eigenvalue weighted by Gasteiger charge is -2.37. The van der Waals surface area contributed by atoms with Gasteiger partial charge in [0.1, 0.15) is 6.04 Å². The predicted molar refractivity (Wildman–Crippen MR) is 140 cm³/mol. The number of piperidine rings is 1. The Bertz CT molecular complexity index is 1370. The average Bonchev–Trinajstić information content (AvgIpc) is 3.34. The molecule has 0 bridgehead atoms. The van der Waals surface area contributed by atoms with Gasteiger partial charge in [0.25, 0.3) is 5.56 Å². The molecule has 0 radical (unpaired) electrons. The summed E-state index contributed by atoms with van der Waals surface area (Å²) >= 11 is 0. The van der Waals surface area contributed by atoms with Gasteiger partial charge in [-0.15, -0.1) is 5.10 Å². The number of hydrogen-bond acceptors (Lipinski definition) is 6. The van der Waals surface area contributed by atoms with E-state index < -0.39 is 0 Å². The van der Waals surface area contributed by atoms with Gasteiger partial charge in [0.05, 0.1) is 13.2 Å². The first-order chi connectivity index (χ1) is 17.5. The number of pyridine rings is 1. The molecule has 0 aliphatic carbocycles.